The fourth-order valence-electron chi connectivity index (χ4n) is 2.49. The van der Waals surface area contributed by atoms with Crippen LogP contribution in [-0.2, 0) is 0 Å². The quantitative estimate of drug-likeness (QED) is 0.310. The van der Waals surface area contributed by atoms with Crippen molar-refractivity contribution < 1.29 is 5.11 Å². The molecule has 0 aliphatic heterocycles. The molecule has 24 heavy (non-hydrogen) atoms. The highest BCUT2D eigenvalue weighted by molar-refractivity contribution is 7.73. The summed E-state index contributed by atoms with van der Waals surface area (Å²) in [4.78, 5) is 17.2. The van der Waals surface area contributed by atoms with Gasteiger partial charge in [-0.05, 0) is 49.5 Å². The van der Waals surface area contributed by atoms with Crippen molar-refractivity contribution in [1.82, 2.24) is 15.0 Å². The molecule has 2 N–H and O–H groups in total. The predicted molar refractivity (Wildman–Crippen MR) is 100 cm³/mol. The Hall–Kier alpha value is -2.64. The lowest BCUT2D eigenvalue weighted by Crippen LogP contribution is -1.91. The van der Waals surface area contributed by atoms with Gasteiger partial charge in [-0.25, -0.2) is 9.97 Å². The van der Waals surface area contributed by atoms with E-state index in [-0.39, 0.29) is 5.88 Å². The monoisotopic (exact) mass is 352 g/mol. The largest absolute Gasteiger partial charge is 0.493 e. The molecule has 2 heterocycles. The number of H-pyrrole nitrogens is 1. The van der Waals surface area contributed by atoms with Crippen molar-refractivity contribution in [3.8, 4) is 5.88 Å². The summed E-state index contributed by atoms with van der Waals surface area (Å²) >= 11 is 6.34. The molecule has 0 bridgehead atoms. The zero-order valence-corrected chi connectivity index (χ0v) is 14.3. The molecule has 0 aliphatic carbocycles. The third-order valence-electron chi connectivity index (χ3n) is 3.58. The number of fused-ring (bicyclic) bond motifs is 2. The lowest BCUT2D eigenvalue weighted by Gasteiger charge is -2.03. The van der Waals surface area contributed by atoms with Crippen molar-refractivity contribution in [3.05, 3.63) is 51.3 Å². The van der Waals surface area contributed by atoms with Gasteiger partial charge in [0, 0.05) is 0 Å². The maximum Gasteiger partial charge on any atom is 0.209 e. The van der Waals surface area contributed by atoms with Crippen LogP contribution < -0.4 is 0 Å². The topological polar surface area (TPSA) is 74.2 Å². The Labute approximate surface area is 146 Å². The molecular formula is C17H12N4OS2. The molecule has 4 rings (SSSR count). The van der Waals surface area contributed by atoms with Crippen LogP contribution in [0.25, 0.3) is 22.1 Å². The van der Waals surface area contributed by atoms with Crippen LogP contribution in [0.15, 0.2) is 47.5 Å². The fourth-order valence-corrected chi connectivity index (χ4v) is 3.51. The van der Waals surface area contributed by atoms with Gasteiger partial charge in [0.25, 0.3) is 0 Å². The number of thiazole rings is 1. The lowest BCUT2D eigenvalue weighted by atomic mass is 10.2. The number of para-hydroxylation sites is 2. The van der Waals surface area contributed by atoms with Crippen LogP contribution in [-0.4, -0.2) is 25.8 Å². The van der Waals surface area contributed by atoms with Crippen LogP contribution in [0.2, 0.25) is 0 Å². The summed E-state index contributed by atoms with van der Waals surface area (Å²) < 4.78 is 0.521. The summed E-state index contributed by atoms with van der Waals surface area (Å²) in [7, 11) is 0. The van der Waals surface area contributed by atoms with Crippen molar-refractivity contribution >= 4 is 57.0 Å². The summed E-state index contributed by atoms with van der Waals surface area (Å²) in [5, 5.41) is 9.85. The van der Waals surface area contributed by atoms with E-state index in [0.717, 1.165) is 27.8 Å². The first-order chi connectivity index (χ1) is 11.6. The smallest absolute Gasteiger partial charge is 0.209 e. The van der Waals surface area contributed by atoms with E-state index < -0.39 is 0 Å². The Bertz CT molecular complexity index is 1160. The van der Waals surface area contributed by atoms with Crippen LogP contribution >= 0.6 is 23.6 Å². The Morgan fingerprint density at radius 3 is 2.42 bits per heavy atom. The van der Waals surface area contributed by atoms with Gasteiger partial charge in [-0.2, -0.15) is 0 Å². The summed E-state index contributed by atoms with van der Waals surface area (Å²) in [6.45, 7) is 1.84. The molecule has 5 nitrogen and oxygen atoms in total. The number of nitrogens with zero attached hydrogens (tertiary/aromatic N) is 3. The van der Waals surface area contributed by atoms with Gasteiger partial charge >= 0.3 is 0 Å². The van der Waals surface area contributed by atoms with Crippen LogP contribution in [0.1, 0.15) is 11.8 Å². The van der Waals surface area contributed by atoms with E-state index in [2.05, 4.69) is 19.9 Å². The predicted octanol–water partition coefficient (Wildman–Crippen LogP) is 4.75. The molecule has 0 amide bonds. The Kier molecular flexibility index (Phi) is 3.59. The molecule has 0 atom stereocenters. The number of nitrogens with one attached hydrogen (secondary N) is 1. The number of benzene rings is 2. The van der Waals surface area contributed by atoms with Crippen LogP contribution in [0.3, 0.4) is 0 Å². The van der Waals surface area contributed by atoms with Gasteiger partial charge < -0.3 is 10.1 Å². The summed E-state index contributed by atoms with van der Waals surface area (Å²) in [5.74, 6) is 0.0535. The first-order valence-electron chi connectivity index (χ1n) is 7.24. The van der Waals surface area contributed by atoms with E-state index in [0.29, 0.717) is 14.5 Å². The number of hydrogen-bond donors (Lipinski definition) is 2. The standard InChI is InChI=1S/C17H12N4OS2/c1-9(15-16(22)21-17(23)24-15)18-10-6-7-13-14(8-10)20-12-5-3-2-4-11(12)19-13/h2-8,22H,1H3,(H,21,23). The fraction of sp³-hybridized carbons (Fsp3) is 0.0588. The molecule has 7 heteroatoms. The van der Waals surface area contributed by atoms with Crippen LogP contribution in [0, 0.1) is 3.95 Å². The number of rotatable bonds is 2. The van der Waals surface area contributed by atoms with E-state index in [4.69, 9.17) is 12.2 Å². The van der Waals surface area contributed by atoms with E-state index in [1.54, 1.807) is 0 Å². The zero-order valence-electron chi connectivity index (χ0n) is 12.6. The molecule has 0 aliphatic rings. The van der Waals surface area contributed by atoms with Gasteiger partial charge in [0.2, 0.25) is 5.88 Å². The lowest BCUT2D eigenvalue weighted by molar-refractivity contribution is 0.456. The average molecular weight is 352 g/mol. The maximum absolute atomic E-state index is 9.85. The van der Waals surface area contributed by atoms with Crippen LogP contribution in [0.5, 0.6) is 5.88 Å². The highest BCUT2D eigenvalue weighted by atomic mass is 32.1. The van der Waals surface area contributed by atoms with Crippen molar-refractivity contribution in [1.29, 1.82) is 0 Å². The number of aromatic hydroxyl groups is 1. The third kappa shape index (κ3) is 2.68. The minimum Gasteiger partial charge on any atom is -0.493 e. The molecule has 0 spiro atoms. The van der Waals surface area contributed by atoms with Gasteiger partial charge in [0.15, 0.2) is 3.95 Å². The molecule has 0 saturated carbocycles. The Morgan fingerprint density at radius 1 is 1.08 bits per heavy atom. The highest BCUT2D eigenvalue weighted by Gasteiger charge is 2.09. The van der Waals surface area contributed by atoms with Crippen molar-refractivity contribution in [2.45, 2.75) is 6.92 Å². The van der Waals surface area contributed by atoms with Gasteiger partial charge in [-0.3, -0.25) is 4.99 Å². The molecule has 2 aromatic carbocycles. The molecule has 118 valence electrons. The first-order valence-corrected chi connectivity index (χ1v) is 8.47. The van der Waals surface area contributed by atoms with E-state index in [9.17, 15) is 5.11 Å². The van der Waals surface area contributed by atoms with Crippen LogP contribution in [0.4, 0.5) is 5.69 Å². The normalized spacial score (nSPS) is 12.1. The molecule has 0 saturated heterocycles. The third-order valence-corrected chi connectivity index (χ3v) is 4.91. The van der Waals surface area contributed by atoms with Crippen molar-refractivity contribution in [2.75, 3.05) is 0 Å². The molecule has 0 unspecified atom stereocenters. The second-order valence-electron chi connectivity index (χ2n) is 5.27. The SMILES string of the molecule is CC(=Nc1ccc2nc3ccccc3nc2c1)c1sc(=S)[nH]c1O. The van der Waals surface area contributed by atoms with Crippen molar-refractivity contribution in [2.24, 2.45) is 4.99 Å². The molecule has 0 fully saturated rings. The Balaban J connectivity index is 1.82. The number of aromatic amines is 1. The summed E-state index contributed by atoms with van der Waals surface area (Å²) in [5.41, 5.74) is 4.78. The zero-order chi connectivity index (χ0) is 16.7. The summed E-state index contributed by atoms with van der Waals surface area (Å²) in [6, 6.07) is 13.5. The second-order valence-corrected chi connectivity index (χ2v) is 6.96. The summed E-state index contributed by atoms with van der Waals surface area (Å²) in [6.07, 6.45) is 0. The number of aromatic nitrogens is 3. The number of hydrogen-bond acceptors (Lipinski definition) is 6. The van der Waals surface area contributed by atoms with Gasteiger partial charge in [-0.15, -0.1) is 0 Å². The molecular weight excluding hydrogens is 340 g/mol. The Morgan fingerprint density at radius 2 is 1.75 bits per heavy atom. The minimum atomic E-state index is 0.0535. The van der Waals surface area contributed by atoms with Gasteiger partial charge in [0.05, 0.1) is 33.5 Å². The minimum absolute atomic E-state index is 0.0535. The van der Waals surface area contributed by atoms with E-state index in [1.165, 1.54) is 11.3 Å². The molecule has 2 aromatic heterocycles. The van der Waals surface area contributed by atoms with E-state index >= 15 is 0 Å². The van der Waals surface area contributed by atoms with Gasteiger partial charge in [-0.1, -0.05) is 23.5 Å². The number of aliphatic imine (C=N–C) groups is 1. The van der Waals surface area contributed by atoms with Crippen molar-refractivity contribution in [3.63, 3.8) is 0 Å². The average Bonchev–Trinajstić information content (AvgIpc) is 2.91. The maximum atomic E-state index is 9.85. The second kappa shape index (κ2) is 5.77. The first kappa shape index (κ1) is 14.9. The van der Waals surface area contributed by atoms with E-state index in [1.807, 2.05) is 49.4 Å². The molecule has 4 aromatic rings. The van der Waals surface area contributed by atoms with Gasteiger partial charge in [0.1, 0.15) is 4.88 Å². The highest BCUT2D eigenvalue weighted by Crippen LogP contribution is 2.26. The molecule has 0 radical (unpaired) electrons.